The van der Waals surface area contributed by atoms with Crippen molar-refractivity contribution in [2.75, 3.05) is 27.9 Å². The number of nitrogens with zero attached hydrogens (tertiary/aromatic N) is 5. The number of hydrogen-bond donors (Lipinski definition) is 0. The molecule has 134 valence electrons. The van der Waals surface area contributed by atoms with Gasteiger partial charge in [0.15, 0.2) is 0 Å². The highest BCUT2D eigenvalue weighted by atomic mass is 19.1. The van der Waals surface area contributed by atoms with Crippen molar-refractivity contribution in [3.8, 4) is 0 Å². The summed E-state index contributed by atoms with van der Waals surface area (Å²) in [7, 11) is 4.75. The summed E-state index contributed by atoms with van der Waals surface area (Å²) in [5.41, 5.74) is 10.7. The molecule has 0 N–H and O–H groups in total. The molecule has 0 aliphatic carbocycles. The Kier molecular flexibility index (Phi) is 6.32. The monoisotopic (exact) mass is 349 g/mol. The number of rotatable bonds is 7. The van der Waals surface area contributed by atoms with Crippen molar-refractivity contribution >= 4 is 11.6 Å². The Morgan fingerprint density at radius 3 is 2.72 bits per heavy atom. The Labute approximate surface area is 144 Å². The summed E-state index contributed by atoms with van der Waals surface area (Å²) < 4.78 is 18.3. The highest BCUT2D eigenvalue weighted by Gasteiger charge is 2.30. The lowest BCUT2D eigenvalue weighted by Gasteiger charge is -2.20. The van der Waals surface area contributed by atoms with Gasteiger partial charge in [0.1, 0.15) is 6.67 Å². The number of benzene rings is 1. The van der Waals surface area contributed by atoms with E-state index in [1.165, 1.54) is 12.0 Å². The number of carbonyl (C=O) groups excluding carboxylic acids is 1. The van der Waals surface area contributed by atoms with E-state index in [1.807, 2.05) is 0 Å². The summed E-state index contributed by atoms with van der Waals surface area (Å²) in [6.45, 7) is -0.820. The predicted molar refractivity (Wildman–Crippen MR) is 89.8 cm³/mol. The van der Waals surface area contributed by atoms with Crippen molar-refractivity contribution in [2.45, 2.75) is 24.7 Å². The van der Waals surface area contributed by atoms with Gasteiger partial charge in [-0.15, -0.1) is 0 Å². The van der Waals surface area contributed by atoms with Crippen LogP contribution in [0.4, 0.5) is 4.39 Å². The highest BCUT2D eigenvalue weighted by Crippen LogP contribution is 2.25. The minimum absolute atomic E-state index is 0.144. The van der Waals surface area contributed by atoms with Crippen molar-refractivity contribution in [1.82, 2.24) is 4.90 Å². The van der Waals surface area contributed by atoms with E-state index in [-0.39, 0.29) is 5.91 Å². The molecule has 0 spiro atoms. The van der Waals surface area contributed by atoms with Crippen LogP contribution in [0.2, 0.25) is 0 Å². The number of ether oxygens (including phenoxy) is 1. The quantitative estimate of drug-likeness (QED) is 0.429. The molecule has 1 aromatic carbocycles. The first-order chi connectivity index (χ1) is 12.0. The summed E-state index contributed by atoms with van der Waals surface area (Å²) in [5.74, 6) is -0.144. The summed E-state index contributed by atoms with van der Waals surface area (Å²) in [5, 5.41) is 7.41. The van der Waals surface area contributed by atoms with Gasteiger partial charge in [-0.05, 0) is 16.7 Å². The molecule has 0 saturated heterocycles. The van der Waals surface area contributed by atoms with E-state index >= 15 is 0 Å². The lowest BCUT2D eigenvalue weighted by atomic mass is 9.98. The van der Waals surface area contributed by atoms with Gasteiger partial charge in [-0.2, -0.15) is 0 Å². The van der Waals surface area contributed by atoms with Crippen molar-refractivity contribution in [2.24, 2.45) is 10.3 Å². The summed E-state index contributed by atoms with van der Waals surface area (Å²) in [4.78, 5) is 21.2. The average Bonchev–Trinajstić information content (AvgIpc) is 3.11. The topological polar surface area (TPSA) is 99.9 Å². The number of azide groups is 1. The molecule has 0 radical (unpaired) electrons. The average molecular weight is 349 g/mol. The van der Waals surface area contributed by atoms with E-state index in [9.17, 15) is 9.18 Å². The molecular weight excluding hydrogens is 329 g/mol. The second-order valence-corrected chi connectivity index (χ2v) is 5.77. The standard InChI is InChI=1S/C16H20FN5O3/c1-22(2)16(23)14-8-12(20-25-14)10-4-6-11(7-5-10)15(24-3)13(9-17)19-21-18/h4-7,13-15H,8-9H2,1-3H3/t13-,14+,15-/m1/s1. The number of alkyl halides is 1. The summed E-state index contributed by atoms with van der Waals surface area (Å²) in [6.07, 6.45) is -0.910. The Morgan fingerprint density at radius 1 is 1.52 bits per heavy atom. The van der Waals surface area contributed by atoms with Gasteiger partial charge in [0, 0.05) is 32.5 Å². The third-order valence-electron chi connectivity index (χ3n) is 3.92. The minimum atomic E-state index is -0.935. The fraction of sp³-hybridized carbons (Fsp3) is 0.500. The van der Waals surface area contributed by atoms with E-state index in [1.54, 1.807) is 38.4 Å². The van der Waals surface area contributed by atoms with E-state index in [4.69, 9.17) is 15.1 Å². The smallest absolute Gasteiger partial charge is 0.266 e. The maximum Gasteiger partial charge on any atom is 0.266 e. The van der Waals surface area contributed by atoms with E-state index < -0.39 is 24.9 Å². The van der Waals surface area contributed by atoms with Crippen molar-refractivity contribution in [1.29, 1.82) is 0 Å². The zero-order valence-corrected chi connectivity index (χ0v) is 14.3. The number of amides is 1. The van der Waals surface area contributed by atoms with Gasteiger partial charge in [-0.3, -0.25) is 9.18 Å². The Balaban J connectivity index is 2.12. The number of hydrogen-bond acceptors (Lipinski definition) is 5. The third kappa shape index (κ3) is 4.26. The molecule has 0 unspecified atom stereocenters. The van der Waals surface area contributed by atoms with E-state index in [2.05, 4.69) is 15.2 Å². The molecule has 25 heavy (non-hydrogen) atoms. The first kappa shape index (κ1) is 18.7. The number of methoxy groups -OCH3 is 1. The Bertz CT molecular complexity index is 686. The minimum Gasteiger partial charge on any atom is -0.382 e. The van der Waals surface area contributed by atoms with Gasteiger partial charge in [-0.25, -0.2) is 0 Å². The molecule has 8 nitrogen and oxygen atoms in total. The van der Waals surface area contributed by atoms with Gasteiger partial charge in [0.2, 0.25) is 6.10 Å². The molecule has 0 saturated carbocycles. The first-order valence-electron chi connectivity index (χ1n) is 7.69. The first-order valence-corrected chi connectivity index (χ1v) is 7.69. The van der Waals surface area contributed by atoms with Gasteiger partial charge in [0.05, 0.1) is 17.9 Å². The van der Waals surface area contributed by atoms with Gasteiger partial charge >= 0.3 is 0 Å². The maximum absolute atomic E-state index is 13.1. The van der Waals surface area contributed by atoms with Crippen LogP contribution >= 0.6 is 0 Å². The van der Waals surface area contributed by atoms with Crippen LogP contribution in [-0.4, -0.2) is 56.5 Å². The number of carbonyl (C=O) groups is 1. The molecule has 9 heteroatoms. The fourth-order valence-corrected chi connectivity index (χ4v) is 2.59. The Hall–Kier alpha value is -2.64. The molecule has 1 amide bonds. The predicted octanol–water partition coefficient (Wildman–Crippen LogP) is 2.60. The second kappa shape index (κ2) is 8.46. The van der Waals surface area contributed by atoms with Crippen molar-refractivity contribution in [3.63, 3.8) is 0 Å². The highest BCUT2D eigenvalue weighted by molar-refractivity contribution is 6.04. The van der Waals surface area contributed by atoms with Crippen LogP contribution in [0.5, 0.6) is 0 Å². The van der Waals surface area contributed by atoms with Crippen LogP contribution in [0, 0.1) is 0 Å². The fourth-order valence-electron chi connectivity index (χ4n) is 2.59. The molecule has 2 rings (SSSR count). The van der Waals surface area contributed by atoms with E-state index in [0.717, 1.165) is 5.56 Å². The normalized spacial score (nSPS) is 18.6. The molecule has 1 heterocycles. The molecule has 0 fully saturated rings. The van der Waals surface area contributed by atoms with Crippen LogP contribution in [0.25, 0.3) is 10.4 Å². The summed E-state index contributed by atoms with van der Waals surface area (Å²) >= 11 is 0. The molecule has 1 aliphatic heterocycles. The lowest BCUT2D eigenvalue weighted by molar-refractivity contribution is -0.139. The van der Waals surface area contributed by atoms with Gasteiger partial charge in [-0.1, -0.05) is 34.5 Å². The van der Waals surface area contributed by atoms with Crippen LogP contribution in [-0.2, 0) is 14.4 Å². The second-order valence-electron chi connectivity index (χ2n) is 5.77. The van der Waals surface area contributed by atoms with Crippen LogP contribution in [0.3, 0.4) is 0 Å². The number of likely N-dealkylation sites (N-methyl/N-ethyl adjacent to an activating group) is 1. The van der Waals surface area contributed by atoms with Crippen molar-refractivity contribution < 1.29 is 18.8 Å². The number of oxime groups is 1. The lowest BCUT2D eigenvalue weighted by Crippen LogP contribution is -2.33. The Morgan fingerprint density at radius 2 is 2.20 bits per heavy atom. The molecule has 0 bridgehead atoms. The van der Waals surface area contributed by atoms with E-state index in [0.29, 0.717) is 17.7 Å². The molecule has 3 atom stereocenters. The molecular formula is C16H20FN5O3. The van der Waals surface area contributed by atoms with Gasteiger partial charge in [0.25, 0.3) is 5.91 Å². The van der Waals surface area contributed by atoms with Crippen molar-refractivity contribution in [3.05, 3.63) is 45.8 Å². The number of halogens is 1. The van der Waals surface area contributed by atoms with Crippen LogP contribution in [0.15, 0.2) is 34.5 Å². The molecule has 0 aromatic heterocycles. The molecule has 1 aromatic rings. The van der Waals surface area contributed by atoms with Crippen LogP contribution < -0.4 is 0 Å². The zero-order valence-electron chi connectivity index (χ0n) is 14.3. The van der Waals surface area contributed by atoms with Crippen LogP contribution in [0.1, 0.15) is 23.7 Å². The molecule has 1 aliphatic rings. The zero-order chi connectivity index (χ0) is 18.4. The van der Waals surface area contributed by atoms with Gasteiger partial charge < -0.3 is 14.5 Å². The SMILES string of the molecule is CO[C@H](c1ccc(C2=NO[C@H](C(=O)N(C)C)C2)cc1)[C@@H](CF)N=[N+]=[N-]. The largest absolute Gasteiger partial charge is 0.382 e. The maximum atomic E-state index is 13.1. The third-order valence-corrected chi connectivity index (χ3v) is 3.92. The summed E-state index contributed by atoms with van der Waals surface area (Å²) in [6, 6.07) is 6.15.